The van der Waals surface area contributed by atoms with Crippen molar-refractivity contribution in [2.45, 2.75) is 31.7 Å². The summed E-state index contributed by atoms with van der Waals surface area (Å²) in [6, 6.07) is 4.55. The zero-order valence-corrected chi connectivity index (χ0v) is 11.4. The molecule has 0 spiro atoms. The Morgan fingerprint density at radius 3 is 3.00 bits per heavy atom. The van der Waals surface area contributed by atoms with E-state index in [1.165, 1.54) is 30.3 Å². The first-order valence-electron chi connectivity index (χ1n) is 7.42. The number of nitrogens with zero attached hydrogens (tertiary/aromatic N) is 6. The molecule has 0 bridgehead atoms. The van der Waals surface area contributed by atoms with E-state index < -0.39 is 0 Å². The monoisotopic (exact) mass is 273 g/mol. The lowest BCUT2D eigenvalue weighted by Gasteiger charge is -2.26. The van der Waals surface area contributed by atoms with Crippen LogP contribution in [0.4, 0.5) is 5.82 Å². The molecule has 20 heavy (non-hydrogen) atoms. The Kier molecular flexibility index (Phi) is 2.99. The molecule has 7 heteroatoms. The van der Waals surface area contributed by atoms with Crippen molar-refractivity contribution in [3.05, 3.63) is 12.1 Å². The minimum Gasteiger partial charge on any atom is -0.353 e. The minimum absolute atomic E-state index is 0.583. The predicted octanol–water partition coefficient (Wildman–Crippen LogP) is 0.488. The second-order valence-corrected chi connectivity index (χ2v) is 5.86. The molecule has 1 saturated heterocycles. The first kappa shape index (κ1) is 12.0. The Balaban J connectivity index is 1.57. The summed E-state index contributed by atoms with van der Waals surface area (Å²) < 4.78 is 1.51. The maximum atomic E-state index is 4.54. The van der Waals surface area contributed by atoms with Gasteiger partial charge in [0, 0.05) is 19.1 Å². The van der Waals surface area contributed by atoms with Crippen molar-refractivity contribution in [2.75, 3.05) is 24.5 Å². The van der Waals surface area contributed by atoms with Crippen molar-refractivity contribution >= 4 is 11.5 Å². The number of rotatable bonds is 5. The SMILES string of the molecule is c1cc2nnnn2nc1N(CC1CC1)CC1CCCN1. The second kappa shape index (κ2) is 4.97. The van der Waals surface area contributed by atoms with E-state index in [-0.39, 0.29) is 0 Å². The van der Waals surface area contributed by atoms with Crippen LogP contribution in [0.25, 0.3) is 5.65 Å². The second-order valence-electron chi connectivity index (χ2n) is 5.86. The lowest BCUT2D eigenvalue weighted by molar-refractivity contribution is 0.562. The van der Waals surface area contributed by atoms with Gasteiger partial charge in [0.25, 0.3) is 0 Å². The van der Waals surface area contributed by atoms with Crippen LogP contribution in [0.3, 0.4) is 0 Å². The van der Waals surface area contributed by atoms with Gasteiger partial charge in [-0.1, -0.05) is 0 Å². The molecule has 3 heterocycles. The van der Waals surface area contributed by atoms with Crippen LogP contribution in [-0.2, 0) is 0 Å². The van der Waals surface area contributed by atoms with Crippen LogP contribution in [-0.4, -0.2) is 50.9 Å². The maximum Gasteiger partial charge on any atom is 0.200 e. The molecule has 0 radical (unpaired) electrons. The number of tetrazole rings is 1. The summed E-state index contributed by atoms with van der Waals surface area (Å²) in [6.07, 6.45) is 5.24. The molecule has 1 aliphatic carbocycles. The number of aromatic nitrogens is 5. The van der Waals surface area contributed by atoms with Gasteiger partial charge in [0.05, 0.1) is 0 Å². The molecular formula is C13H19N7. The van der Waals surface area contributed by atoms with Gasteiger partial charge in [0.1, 0.15) is 0 Å². The molecule has 1 N–H and O–H groups in total. The van der Waals surface area contributed by atoms with Crippen molar-refractivity contribution in [1.29, 1.82) is 0 Å². The van der Waals surface area contributed by atoms with Gasteiger partial charge in [-0.25, -0.2) is 0 Å². The summed E-state index contributed by atoms with van der Waals surface area (Å²) in [7, 11) is 0. The molecule has 0 amide bonds. The van der Waals surface area contributed by atoms with E-state index in [0.29, 0.717) is 11.7 Å². The van der Waals surface area contributed by atoms with Crippen LogP contribution in [0.5, 0.6) is 0 Å². The molecule has 4 rings (SSSR count). The summed E-state index contributed by atoms with van der Waals surface area (Å²) in [6.45, 7) is 3.26. The Morgan fingerprint density at radius 2 is 2.20 bits per heavy atom. The standard InChI is InChI=1S/C13H19N7/c1-2-11(14-7-1)9-19(8-10-3-4-10)13-6-5-12-15-17-18-20(12)16-13/h5-6,10-11,14H,1-4,7-9H2. The van der Waals surface area contributed by atoms with Crippen LogP contribution in [0.2, 0.25) is 0 Å². The Morgan fingerprint density at radius 1 is 1.25 bits per heavy atom. The smallest absolute Gasteiger partial charge is 0.200 e. The summed E-state index contributed by atoms with van der Waals surface area (Å²) in [5.74, 6) is 1.81. The van der Waals surface area contributed by atoms with Gasteiger partial charge in [-0.15, -0.1) is 14.8 Å². The summed E-state index contributed by atoms with van der Waals surface area (Å²) >= 11 is 0. The average Bonchev–Trinajstić information content (AvgIpc) is 2.95. The van der Waals surface area contributed by atoms with E-state index in [1.54, 1.807) is 0 Å². The minimum atomic E-state index is 0.583. The summed E-state index contributed by atoms with van der Waals surface area (Å²) in [4.78, 5) is 2.39. The van der Waals surface area contributed by atoms with E-state index in [1.807, 2.05) is 12.1 Å². The molecule has 2 aliphatic rings. The highest BCUT2D eigenvalue weighted by atomic mass is 15.6. The highest BCUT2D eigenvalue weighted by molar-refractivity contribution is 5.44. The van der Waals surface area contributed by atoms with Gasteiger partial charge < -0.3 is 10.2 Å². The molecule has 1 saturated carbocycles. The highest BCUT2D eigenvalue weighted by Crippen LogP contribution is 2.31. The highest BCUT2D eigenvalue weighted by Gasteiger charge is 2.27. The van der Waals surface area contributed by atoms with Gasteiger partial charge in [0.15, 0.2) is 11.5 Å². The lowest BCUT2D eigenvalue weighted by atomic mass is 10.2. The fraction of sp³-hybridized carbons (Fsp3) is 0.692. The number of hydrogen-bond acceptors (Lipinski definition) is 6. The Bertz CT molecular complexity index is 585. The van der Waals surface area contributed by atoms with Crippen LogP contribution < -0.4 is 10.2 Å². The molecule has 1 atom stereocenters. The average molecular weight is 273 g/mol. The van der Waals surface area contributed by atoms with Gasteiger partial charge in [-0.05, 0) is 60.7 Å². The number of hydrogen-bond donors (Lipinski definition) is 1. The predicted molar refractivity (Wildman–Crippen MR) is 74.5 cm³/mol. The molecule has 2 fully saturated rings. The lowest BCUT2D eigenvalue weighted by Crippen LogP contribution is -2.39. The third-order valence-electron chi connectivity index (χ3n) is 4.16. The van der Waals surface area contributed by atoms with Crippen LogP contribution in [0.1, 0.15) is 25.7 Å². The summed E-state index contributed by atoms with van der Waals surface area (Å²) in [5, 5.41) is 19.5. The van der Waals surface area contributed by atoms with Gasteiger partial charge in [-0.3, -0.25) is 0 Å². The topological polar surface area (TPSA) is 71.2 Å². The third-order valence-corrected chi connectivity index (χ3v) is 4.16. The molecule has 2 aromatic rings. The van der Waals surface area contributed by atoms with E-state index in [2.05, 4.69) is 30.8 Å². The zero-order valence-electron chi connectivity index (χ0n) is 11.4. The quantitative estimate of drug-likeness (QED) is 0.855. The zero-order chi connectivity index (χ0) is 13.4. The number of nitrogens with one attached hydrogen (secondary N) is 1. The van der Waals surface area contributed by atoms with Crippen molar-refractivity contribution in [3.63, 3.8) is 0 Å². The van der Waals surface area contributed by atoms with Crippen LogP contribution >= 0.6 is 0 Å². The van der Waals surface area contributed by atoms with Gasteiger partial charge in [-0.2, -0.15) is 0 Å². The molecule has 2 aromatic heterocycles. The third kappa shape index (κ3) is 2.45. The van der Waals surface area contributed by atoms with Crippen molar-refractivity contribution in [3.8, 4) is 0 Å². The Hall–Kier alpha value is -1.76. The molecule has 106 valence electrons. The van der Waals surface area contributed by atoms with Crippen molar-refractivity contribution in [1.82, 2.24) is 30.6 Å². The summed E-state index contributed by atoms with van der Waals surface area (Å²) in [5.41, 5.74) is 0.694. The molecule has 0 aromatic carbocycles. The molecule has 1 unspecified atom stereocenters. The first-order chi connectivity index (χ1) is 9.88. The van der Waals surface area contributed by atoms with E-state index in [0.717, 1.165) is 31.4 Å². The van der Waals surface area contributed by atoms with E-state index in [9.17, 15) is 0 Å². The molecule has 1 aliphatic heterocycles. The van der Waals surface area contributed by atoms with Gasteiger partial charge >= 0.3 is 0 Å². The fourth-order valence-corrected chi connectivity index (χ4v) is 2.86. The van der Waals surface area contributed by atoms with E-state index >= 15 is 0 Å². The van der Waals surface area contributed by atoms with Crippen molar-refractivity contribution in [2.24, 2.45) is 5.92 Å². The van der Waals surface area contributed by atoms with Crippen LogP contribution in [0.15, 0.2) is 12.1 Å². The van der Waals surface area contributed by atoms with Crippen molar-refractivity contribution < 1.29 is 0 Å². The largest absolute Gasteiger partial charge is 0.353 e. The van der Waals surface area contributed by atoms with Crippen LogP contribution in [0, 0.1) is 5.92 Å². The fourth-order valence-electron chi connectivity index (χ4n) is 2.86. The number of anilines is 1. The normalized spacial score (nSPS) is 22.5. The maximum absolute atomic E-state index is 4.54. The molecule has 7 nitrogen and oxygen atoms in total. The number of fused-ring (bicyclic) bond motifs is 1. The first-order valence-corrected chi connectivity index (χ1v) is 7.42. The molecular weight excluding hydrogens is 254 g/mol. The Labute approximate surface area is 117 Å². The van der Waals surface area contributed by atoms with Gasteiger partial charge in [0.2, 0.25) is 0 Å². The van der Waals surface area contributed by atoms with E-state index in [4.69, 9.17) is 0 Å².